The number of likely N-dealkylation sites (N-methyl/N-ethyl adjacent to an activating group) is 1. The lowest BCUT2D eigenvalue weighted by Gasteiger charge is -2.27. The minimum atomic E-state index is -0.157. The molecule has 2 rings (SSSR count). The van der Waals surface area contributed by atoms with Crippen molar-refractivity contribution in [3.8, 4) is 0 Å². The first-order valence-corrected chi connectivity index (χ1v) is 8.96. The summed E-state index contributed by atoms with van der Waals surface area (Å²) < 4.78 is 11.5. The van der Waals surface area contributed by atoms with Crippen LogP contribution < -0.4 is 10.6 Å². The second kappa shape index (κ2) is 9.22. The minimum Gasteiger partial charge on any atom is -0.376 e. The third-order valence-electron chi connectivity index (χ3n) is 4.57. The molecule has 2 fully saturated rings. The van der Waals surface area contributed by atoms with E-state index in [-0.39, 0.29) is 24.2 Å². The molecule has 1 amide bonds. The first-order valence-electron chi connectivity index (χ1n) is 8.96. The molecule has 0 aromatic carbocycles. The van der Waals surface area contributed by atoms with Gasteiger partial charge in [0.2, 0.25) is 5.91 Å². The minimum absolute atomic E-state index is 0.0201. The van der Waals surface area contributed by atoms with Crippen molar-refractivity contribution in [2.24, 2.45) is 4.99 Å². The maximum Gasteiger partial charge on any atom is 0.243 e. The Balaban J connectivity index is 1.86. The number of hydrogen-bond acceptors (Lipinski definition) is 4. The topological polar surface area (TPSA) is 75.2 Å². The monoisotopic (exact) mass is 340 g/mol. The number of rotatable bonds is 6. The lowest BCUT2D eigenvalue weighted by molar-refractivity contribution is -0.127. The zero-order valence-electron chi connectivity index (χ0n) is 15.3. The zero-order valence-corrected chi connectivity index (χ0v) is 15.3. The first kappa shape index (κ1) is 19.0. The molecule has 7 heteroatoms. The molecular formula is C17H32N4O3. The number of nitrogens with one attached hydrogen (secondary N) is 2. The van der Waals surface area contributed by atoms with Gasteiger partial charge in [-0.05, 0) is 39.0 Å². The number of guanidine groups is 1. The number of carbonyl (C=O) groups is 1. The normalized spacial score (nSPS) is 27.8. The van der Waals surface area contributed by atoms with Gasteiger partial charge in [0.05, 0.1) is 11.7 Å². The molecule has 2 unspecified atom stereocenters. The van der Waals surface area contributed by atoms with Crippen molar-refractivity contribution in [3.05, 3.63) is 0 Å². The number of nitrogens with zero attached hydrogens (tertiary/aromatic N) is 2. The summed E-state index contributed by atoms with van der Waals surface area (Å²) in [5.41, 5.74) is -0.157. The van der Waals surface area contributed by atoms with Crippen LogP contribution in [-0.2, 0) is 14.3 Å². The predicted octanol–water partition coefficient (Wildman–Crippen LogP) is 0.748. The number of carbonyl (C=O) groups excluding carboxylic acids is 1. The molecule has 0 spiro atoms. The van der Waals surface area contributed by atoms with Crippen molar-refractivity contribution < 1.29 is 14.3 Å². The summed E-state index contributed by atoms with van der Waals surface area (Å²) in [4.78, 5) is 17.8. The SMILES string of the molecule is CN(C)C(=O)CN=C(NCC1CCCCO1)NCC1(C)CCCO1. The van der Waals surface area contributed by atoms with E-state index in [9.17, 15) is 4.79 Å². The Morgan fingerprint density at radius 1 is 1.25 bits per heavy atom. The van der Waals surface area contributed by atoms with Crippen molar-refractivity contribution in [2.45, 2.75) is 50.7 Å². The highest BCUT2D eigenvalue weighted by molar-refractivity contribution is 5.84. The third-order valence-corrected chi connectivity index (χ3v) is 4.57. The van der Waals surface area contributed by atoms with Gasteiger partial charge in [0.15, 0.2) is 5.96 Å². The lowest BCUT2D eigenvalue weighted by Crippen LogP contribution is -2.48. The number of aliphatic imine (C=N–C) groups is 1. The van der Waals surface area contributed by atoms with Crippen molar-refractivity contribution in [3.63, 3.8) is 0 Å². The van der Waals surface area contributed by atoms with E-state index in [2.05, 4.69) is 22.5 Å². The molecule has 0 aliphatic carbocycles. The van der Waals surface area contributed by atoms with Crippen LogP contribution in [-0.4, -0.2) is 75.4 Å². The molecule has 0 aromatic rings. The van der Waals surface area contributed by atoms with Gasteiger partial charge in [-0.3, -0.25) is 4.79 Å². The van der Waals surface area contributed by atoms with Gasteiger partial charge in [-0.15, -0.1) is 0 Å². The van der Waals surface area contributed by atoms with Gasteiger partial charge in [-0.1, -0.05) is 0 Å². The summed E-state index contributed by atoms with van der Waals surface area (Å²) in [5.74, 6) is 0.629. The fourth-order valence-corrected chi connectivity index (χ4v) is 2.89. The lowest BCUT2D eigenvalue weighted by atomic mass is 10.0. The van der Waals surface area contributed by atoms with Crippen LogP contribution in [0.4, 0.5) is 0 Å². The Bertz CT molecular complexity index is 428. The quantitative estimate of drug-likeness (QED) is 0.551. The van der Waals surface area contributed by atoms with Gasteiger partial charge in [0.1, 0.15) is 6.54 Å². The van der Waals surface area contributed by atoms with E-state index in [1.807, 2.05) is 0 Å². The summed E-state index contributed by atoms with van der Waals surface area (Å²) in [6.45, 7) is 5.27. The molecule has 2 heterocycles. The Kier molecular flexibility index (Phi) is 7.30. The molecule has 0 aromatic heterocycles. The van der Waals surface area contributed by atoms with Crippen molar-refractivity contribution in [2.75, 3.05) is 46.9 Å². The van der Waals surface area contributed by atoms with E-state index in [0.29, 0.717) is 19.0 Å². The average molecular weight is 340 g/mol. The van der Waals surface area contributed by atoms with Crippen LogP contribution in [0.1, 0.15) is 39.0 Å². The van der Waals surface area contributed by atoms with Gasteiger partial charge in [0.25, 0.3) is 0 Å². The smallest absolute Gasteiger partial charge is 0.243 e. The van der Waals surface area contributed by atoms with Gasteiger partial charge in [0, 0.05) is 40.4 Å². The van der Waals surface area contributed by atoms with Crippen LogP contribution in [0.3, 0.4) is 0 Å². The molecule has 2 aliphatic heterocycles. The van der Waals surface area contributed by atoms with Crippen LogP contribution in [0.2, 0.25) is 0 Å². The Hall–Kier alpha value is -1.34. The predicted molar refractivity (Wildman–Crippen MR) is 94.2 cm³/mol. The van der Waals surface area contributed by atoms with Crippen LogP contribution in [0.25, 0.3) is 0 Å². The summed E-state index contributed by atoms with van der Waals surface area (Å²) in [6, 6.07) is 0. The summed E-state index contributed by atoms with van der Waals surface area (Å²) in [5, 5.41) is 6.64. The molecule has 2 saturated heterocycles. The van der Waals surface area contributed by atoms with Gasteiger partial charge >= 0.3 is 0 Å². The van der Waals surface area contributed by atoms with Crippen LogP contribution in [0.5, 0.6) is 0 Å². The molecule has 0 bridgehead atoms. The standard InChI is InChI=1S/C17H32N4O3/c1-17(8-6-10-24-17)13-20-16(19-12-15(22)21(2)3)18-11-14-7-4-5-9-23-14/h14H,4-13H2,1-3H3,(H2,18,19,20). The van der Waals surface area contributed by atoms with Gasteiger partial charge in [-0.2, -0.15) is 0 Å². The molecule has 7 nitrogen and oxygen atoms in total. The molecule has 2 aliphatic rings. The zero-order chi connectivity index (χ0) is 17.4. The van der Waals surface area contributed by atoms with Crippen LogP contribution >= 0.6 is 0 Å². The van der Waals surface area contributed by atoms with Gasteiger partial charge in [-0.25, -0.2) is 4.99 Å². The van der Waals surface area contributed by atoms with Crippen molar-refractivity contribution >= 4 is 11.9 Å². The maximum atomic E-state index is 11.8. The fourth-order valence-electron chi connectivity index (χ4n) is 2.89. The number of ether oxygens (including phenoxy) is 2. The summed E-state index contributed by atoms with van der Waals surface area (Å²) >= 11 is 0. The Morgan fingerprint density at radius 2 is 2.08 bits per heavy atom. The molecule has 138 valence electrons. The molecule has 0 saturated carbocycles. The van der Waals surface area contributed by atoms with E-state index in [4.69, 9.17) is 9.47 Å². The second-order valence-corrected chi connectivity index (χ2v) is 7.08. The Morgan fingerprint density at radius 3 is 2.71 bits per heavy atom. The van der Waals surface area contributed by atoms with Crippen LogP contribution in [0, 0.1) is 0 Å². The highest BCUT2D eigenvalue weighted by atomic mass is 16.5. The van der Waals surface area contributed by atoms with E-state index in [1.54, 1.807) is 19.0 Å². The van der Waals surface area contributed by atoms with E-state index < -0.39 is 0 Å². The molecule has 2 N–H and O–H groups in total. The third kappa shape index (κ3) is 6.28. The van der Waals surface area contributed by atoms with Crippen molar-refractivity contribution in [1.29, 1.82) is 0 Å². The van der Waals surface area contributed by atoms with Crippen LogP contribution in [0.15, 0.2) is 4.99 Å². The summed E-state index contributed by atoms with van der Waals surface area (Å²) in [7, 11) is 3.48. The Labute approximate surface area is 145 Å². The highest BCUT2D eigenvalue weighted by Crippen LogP contribution is 2.23. The van der Waals surface area contributed by atoms with Gasteiger partial charge < -0.3 is 25.0 Å². The first-order chi connectivity index (χ1) is 11.5. The molecule has 2 atom stereocenters. The number of hydrogen-bond donors (Lipinski definition) is 2. The van der Waals surface area contributed by atoms with Crippen molar-refractivity contribution in [1.82, 2.24) is 15.5 Å². The largest absolute Gasteiger partial charge is 0.376 e. The van der Waals surface area contributed by atoms with E-state index in [1.165, 1.54) is 6.42 Å². The number of amides is 1. The molecule has 0 radical (unpaired) electrons. The summed E-state index contributed by atoms with van der Waals surface area (Å²) in [6.07, 6.45) is 5.76. The second-order valence-electron chi connectivity index (χ2n) is 7.08. The fraction of sp³-hybridized carbons (Fsp3) is 0.882. The molecular weight excluding hydrogens is 308 g/mol. The highest BCUT2D eigenvalue weighted by Gasteiger charge is 2.29. The van der Waals surface area contributed by atoms with E-state index in [0.717, 1.165) is 38.9 Å². The average Bonchev–Trinajstić information content (AvgIpc) is 3.01. The maximum absolute atomic E-state index is 11.8. The molecule has 24 heavy (non-hydrogen) atoms. The van der Waals surface area contributed by atoms with E-state index >= 15 is 0 Å².